The van der Waals surface area contributed by atoms with E-state index in [1.165, 1.54) is 0 Å². The van der Waals surface area contributed by atoms with E-state index in [9.17, 15) is 5.11 Å². The summed E-state index contributed by atoms with van der Waals surface area (Å²) in [7, 11) is 0. The summed E-state index contributed by atoms with van der Waals surface area (Å²) < 4.78 is 5.53. The minimum atomic E-state index is 0.320. The summed E-state index contributed by atoms with van der Waals surface area (Å²) in [5, 5.41) is 9.97. The molecule has 2 aliphatic heterocycles. The summed E-state index contributed by atoms with van der Waals surface area (Å²) >= 11 is 0. The number of phenolic OH excluding ortho intramolecular Hbond substituents is 1. The number of aliphatic imine (C=N–C) groups is 3. The van der Waals surface area contributed by atoms with Crippen molar-refractivity contribution in [3.05, 3.63) is 65.0 Å². The van der Waals surface area contributed by atoms with Gasteiger partial charge in [-0.15, -0.1) is 0 Å². The minimum absolute atomic E-state index is 0.320. The van der Waals surface area contributed by atoms with Crippen LogP contribution in [0.1, 0.15) is 24.5 Å². The lowest BCUT2D eigenvalue weighted by atomic mass is 10.1. The Kier molecular flexibility index (Phi) is 7.74. The van der Waals surface area contributed by atoms with Gasteiger partial charge in [0.1, 0.15) is 11.5 Å². The van der Waals surface area contributed by atoms with Crippen LogP contribution in [-0.4, -0.2) is 61.1 Å². The van der Waals surface area contributed by atoms with Crippen LogP contribution in [0.3, 0.4) is 0 Å². The van der Waals surface area contributed by atoms with E-state index >= 15 is 0 Å². The number of aromatic hydroxyl groups is 1. The zero-order valence-electron chi connectivity index (χ0n) is 17.8. The van der Waals surface area contributed by atoms with E-state index in [0.29, 0.717) is 25.5 Å². The molecule has 0 amide bonds. The maximum atomic E-state index is 9.97. The van der Waals surface area contributed by atoms with Crippen LogP contribution in [0.15, 0.2) is 68.9 Å². The fourth-order valence-electron chi connectivity index (χ4n) is 3.54. The number of phenols is 1. The molecule has 2 aliphatic rings. The quantitative estimate of drug-likeness (QED) is 0.576. The molecule has 0 aromatic heterocycles. The van der Waals surface area contributed by atoms with Gasteiger partial charge in [-0.05, 0) is 56.2 Å². The standard InChI is InChI=1S/C24H30N4O2/c1-4-6-19-9-10-21(25-3)23(27-17-19)24(28-13-15-30-16-14-28)26-12-11-20-7-5-8-22(29)18(20)2/h4-8,10,17,29H,3,9,11-16H2,1-2H3/b6-4-,26-24?. The first-order chi connectivity index (χ1) is 14.6. The largest absolute Gasteiger partial charge is 0.508 e. The van der Waals surface area contributed by atoms with Gasteiger partial charge in [-0.2, -0.15) is 0 Å². The van der Waals surface area contributed by atoms with Gasteiger partial charge in [-0.25, -0.2) is 0 Å². The lowest BCUT2D eigenvalue weighted by Crippen LogP contribution is -2.44. The number of rotatable bonds is 6. The number of morpholine rings is 1. The number of hydrogen-bond acceptors (Lipinski definition) is 5. The zero-order chi connectivity index (χ0) is 21.3. The van der Waals surface area contributed by atoms with Crippen LogP contribution >= 0.6 is 0 Å². The molecule has 30 heavy (non-hydrogen) atoms. The first-order valence-corrected chi connectivity index (χ1v) is 10.4. The molecule has 1 aromatic rings. The summed E-state index contributed by atoms with van der Waals surface area (Å²) in [6.45, 7) is 11.1. The summed E-state index contributed by atoms with van der Waals surface area (Å²) in [4.78, 5) is 16.2. The number of allylic oxidation sites excluding steroid dienone is 4. The van der Waals surface area contributed by atoms with Crippen molar-refractivity contribution in [3.8, 4) is 5.75 Å². The van der Waals surface area contributed by atoms with Crippen LogP contribution in [-0.2, 0) is 11.2 Å². The smallest absolute Gasteiger partial charge is 0.152 e. The minimum Gasteiger partial charge on any atom is -0.508 e. The summed E-state index contributed by atoms with van der Waals surface area (Å²) in [6.07, 6.45) is 9.50. The van der Waals surface area contributed by atoms with Gasteiger partial charge in [0.05, 0.1) is 18.9 Å². The fraction of sp³-hybridized carbons (Fsp3) is 0.375. The van der Waals surface area contributed by atoms with Gasteiger partial charge in [-0.3, -0.25) is 15.0 Å². The molecule has 0 unspecified atom stereocenters. The van der Waals surface area contributed by atoms with Crippen molar-refractivity contribution in [2.24, 2.45) is 15.0 Å². The topological polar surface area (TPSA) is 69.8 Å². The average Bonchev–Trinajstić information content (AvgIpc) is 2.97. The Labute approximate surface area is 178 Å². The lowest BCUT2D eigenvalue weighted by Gasteiger charge is -2.30. The molecule has 1 aromatic carbocycles. The van der Waals surface area contributed by atoms with Crippen LogP contribution in [0, 0.1) is 6.92 Å². The molecule has 2 heterocycles. The fourth-order valence-corrected chi connectivity index (χ4v) is 3.54. The number of ether oxygens (including phenoxy) is 1. The highest BCUT2D eigenvalue weighted by Crippen LogP contribution is 2.21. The highest BCUT2D eigenvalue weighted by molar-refractivity contribution is 6.47. The predicted molar refractivity (Wildman–Crippen MR) is 124 cm³/mol. The molecule has 6 heteroatoms. The van der Waals surface area contributed by atoms with E-state index < -0.39 is 0 Å². The van der Waals surface area contributed by atoms with Crippen molar-refractivity contribution in [1.29, 1.82) is 0 Å². The van der Waals surface area contributed by atoms with Gasteiger partial charge in [0, 0.05) is 25.8 Å². The molecule has 1 N–H and O–H groups in total. The second-order valence-electron chi connectivity index (χ2n) is 7.25. The number of amidine groups is 1. The maximum Gasteiger partial charge on any atom is 0.152 e. The molecular weight excluding hydrogens is 376 g/mol. The molecule has 1 saturated heterocycles. The van der Waals surface area contributed by atoms with Crippen molar-refractivity contribution in [2.75, 3.05) is 32.8 Å². The molecule has 0 spiro atoms. The second-order valence-corrected chi connectivity index (χ2v) is 7.25. The van der Waals surface area contributed by atoms with Crippen molar-refractivity contribution in [2.45, 2.75) is 26.7 Å². The third-order valence-corrected chi connectivity index (χ3v) is 5.27. The molecule has 3 rings (SSSR count). The highest BCUT2D eigenvalue weighted by atomic mass is 16.5. The summed E-state index contributed by atoms with van der Waals surface area (Å²) in [5.41, 5.74) is 4.62. The van der Waals surface area contributed by atoms with Crippen LogP contribution in [0.25, 0.3) is 0 Å². The predicted octanol–water partition coefficient (Wildman–Crippen LogP) is 3.86. The maximum absolute atomic E-state index is 9.97. The molecule has 6 nitrogen and oxygen atoms in total. The van der Waals surface area contributed by atoms with E-state index in [0.717, 1.165) is 59.9 Å². The first kappa shape index (κ1) is 21.7. The third kappa shape index (κ3) is 5.33. The molecule has 0 radical (unpaired) electrons. The van der Waals surface area contributed by atoms with E-state index in [2.05, 4.69) is 28.8 Å². The van der Waals surface area contributed by atoms with Gasteiger partial charge in [-0.1, -0.05) is 30.4 Å². The van der Waals surface area contributed by atoms with Gasteiger partial charge in [0.2, 0.25) is 0 Å². The Bertz CT molecular complexity index is 919. The molecular formula is C24H30N4O2. The number of hydrogen-bond donors (Lipinski definition) is 1. The van der Waals surface area contributed by atoms with Gasteiger partial charge in [0.15, 0.2) is 5.84 Å². The molecule has 0 bridgehead atoms. The molecule has 158 valence electrons. The Morgan fingerprint density at radius 2 is 2.13 bits per heavy atom. The van der Waals surface area contributed by atoms with Crippen molar-refractivity contribution >= 4 is 18.3 Å². The Morgan fingerprint density at radius 1 is 1.33 bits per heavy atom. The zero-order valence-corrected chi connectivity index (χ0v) is 17.8. The van der Waals surface area contributed by atoms with Crippen LogP contribution < -0.4 is 0 Å². The first-order valence-electron chi connectivity index (χ1n) is 10.4. The Morgan fingerprint density at radius 3 is 2.87 bits per heavy atom. The van der Waals surface area contributed by atoms with Crippen molar-refractivity contribution < 1.29 is 9.84 Å². The van der Waals surface area contributed by atoms with Crippen LogP contribution in [0.4, 0.5) is 0 Å². The Hall–Kier alpha value is -2.99. The molecule has 0 saturated carbocycles. The SMILES string of the molecule is C=NC1=CCC(/C=C\C)=CN=C1C(=NCCc1cccc(O)c1C)N1CCOCC1. The Balaban J connectivity index is 1.92. The van der Waals surface area contributed by atoms with Gasteiger partial charge < -0.3 is 14.7 Å². The molecule has 0 atom stereocenters. The van der Waals surface area contributed by atoms with Gasteiger partial charge in [0.25, 0.3) is 0 Å². The van der Waals surface area contributed by atoms with E-state index in [1.54, 1.807) is 6.07 Å². The van der Waals surface area contributed by atoms with Crippen molar-refractivity contribution in [3.63, 3.8) is 0 Å². The number of benzene rings is 1. The number of nitrogens with zero attached hydrogens (tertiary/aromatic N) is 4. The summed E-state index contributed by atoms with van der Waals surface area (Å²) in [6, 6.07) is 5.61. The van der Waals surface area contributed by atoms with Crippen LogP contribution in [0.5, 0.6) is 5.75 Å². The third-order valence-electron chi connectivity index (χ3n) is 5.27. The van der Waals surface area contributed by atoms with Gasteiger partial charge >= 0.3 is 0 Å². The van der Waals surface area contributed by atoms with E-state index in [-0.39, 0.29) is 0 Å². The van der Waals surface area contributed by atoms with Crippen molar-refractivity contribution in [1.82, 2.24) is 4.90 Å². The highest BCUT2D eigenvalue weighted by Gasteiger charge is 2.23. The van der Waals surface area contributed by atoms with E-state index in [1.807, 2.05) is 38.3 Å². The lowest BCUT2D eigenvalue weighted by molar-refractivity contribution is 0.0688. The average molecular weight is 407 g/mol. The molecule has 0 aliphatic carbocycles. The second kappa shape index (κ2) is 10.7. The van der Waals surface area contributed by atoms with E-state index in [4.69, 9.17) is 14.7 Å². The normalized spacial score (nSPS) is 18.0. The van der Waals surface area contributed by atoms with Crippen LogP contribution in [0.2, 0.25) is 0 Å². The molecule has 1 fully saturated rings. The summed E-state index contributed by atoms with van der Waals surface area (Å²) in [5.74, 6) is 1.15. The monoisotopic (exact) mass is 406 g/mol.